The second kappa shape index (κ2) is 6.17. The normalized spacial score (nSPS) is 32.0. The second-order valence-electron chi connectivity index (χ2n) is 7.61. The first kappa shape index (κ1) is 14.5. The molecule has 1 saturated heterocycles. The van der Waals surface area contributed by atoms with Crippen molar-refractivity contribution in [1.29, 1.82) is 0 Å². The average Bonchev–Trinajstić information content (AvgIpc) is 3.12. The highest BCUT2D eigenvalue weighted by Crippen LogP contribution is 2.43. The highest BCUT2D eigenvalue weighted by atomic mass is 15.3. The van der Waals surface area contributed by atoms with Crippen LogP contribution >= 0.6 is 0 Å². The Hall–Kier alpha value is -1.12. The molecule has 2 bridgehead atoms. The van der Waals surface area contributed by atoms with E-state index in [2.05, 4.69) is 53.1 Å². The summed E-state index contributed by atoms with van der Waals surface area (Å²) in [6.45, 7) is 9.60. The van der Waals surface area contributed by atoms with Gasteiger partial charge in [-0.15, -0.1) is 0 Å². The summed E-state index contributed by atoms with van der Waals surface area (Å²) in [4.78, 5) is 5.33. The van der Waals surface area contributed by atoms with Crippen molar-refractivity contribution in [2.45, 2.75) is 26.3 Å². The maximum absolute atomic E-state index is 2.71. The van der Waals surface area contributed by atoms with Gasteiger partial charge in [0.15, 0.2) is 0 Å². The number of aryl methyl sites for hydroxylation is 1. The van der Waals surface area contributed by atoms with E-state index in [0.717, 1.165) is 24.3 Å². The fraction of sp³-hybridized carbons (Fsp3) is 0.600. The van der Waals surface area contributed by atoms with Crippen molar-refractivity contribution < 1.29 is 0 Å². The molecule has 0 aromatic heterocycles. The van der Waals surface area contributed by atoms with Crippen LogP contribution in [-0.2, 0) is 6.54 Å². The Kier molecular flexibility index (Phi) is 4.06. The zero-order chi connectivity index (χ0) is 14.9. The van der Waals surface area contributed by atoms with E-state index in [1.807, 2.05) is 0 Å². The largest absolute Gasteiger partial charge is 0.300 e. The van der Waals surface area contributed by atoms with E-state index in [1.165, 1.54) is 56.7 Å². The maximum Gasteiger partial charge on any atom is 0.0234 e. The Labute approximate surface area is 134 Å². The van der Waals surface area contributed by atoms with Gasteiger partial charge in [-0.3, -0.25) is 4.90 Å². The third kappa shape index (κ3) is 3.13. The minimum Gasteiger partial charge on any atom is -0.300 e. The molecule has 4 rings (SSSR count). The topological polar surface area (TPSA) is 6.48 Å². The van der Waals surface area contributed by atoms with E-state index >= 15 is 0 Å². The van der Waals surface area contributed by atoms with Crippen LogP contribution < -0.4 is 0 Å². The molecular weight excluding hydrogens is 268 g/mol. The van der Waals surface area contributed by atoms with Gasteiger partial charge in [0.25, 0.3) is 0 Å². The standard InChI is InChI=1S/C20H28N2/c1-16-3-2-4-18(11-16)14-21-7-9-22(10-8-21)15-20-13-17-5-6-19(20)12-17/h2-6,11,17,19-20H,7-10,12-15H2,1H3/t17-,19+,20+/m1/s1. The SMILES string of the molecule is Cc1cccc(CN2CCN(C[C@@H]3C[C@@H]4C=C[C@H]3C4)CC2)c1. The molecule has 0 N–H and O–H groups in total. The lowest BCUT2D eigenvalue weighted by molar-refractivity contribution is 0.108. The van der Waals surface area contributed by atoms with Crippen molar-refractivity contribution in [3.05, 3.63) is 47.5 Å². The molecule has 0 unspecified atom stereocenters. The predicted octanol–water partition coefficient (Wildman–Crippen LogP) is 3.32. The number of benzene rings is 1. The second-order valence-corrected chi connectivity index (χ2v) is 7.61. The number of hydrogen-bond acceptors (Lipinski definition) is 2. The number of allylic oxidation sites excluding steroid dienone is 2. The molecule has 2 aliphatic carbocycles. The molecule has 0 radical (unpaired) electrons. The minimum atomic E-state index is 0.898. The molecule has 118 valence electrons. The fourth-order valence-corrected chi connectivity index (χ4v) is 4.63. The summed E-state index contributed by atoms with van der Waals surface area (Å²) in [6.07, 6.45) is 7.84. The first-order valence-electron chi connectivity index (χ1n) is 8.95. The van der Waals surface area contributed by atoms with E-state index in [4.69, 9.17) is 0 Å². The first-order chi connectivity index (χ1) is 10.8. The predicted molar refractivity (Wildman–Crippen MR) is 91.7 cm³/mol. The van der Waals surface area contributed by atoms with Crippen molar-refractivity contribution in [2.24, 2.45) is 17.8 Å². The molecule has 1 heterocycles. The van der Waals surface area contributed by atoms with Gasteiger partial charge >= 0.3 is 0 Å². The van der Waals surface area contributed by atoms with Gasteiger partial charge in [0.1, 0.15) is 0 Å². The smallest absolute Gasteiger partial charge is 0.0234 e. The van der Waals surface area contributed by atoms with Gasteiger partial charge in [-0.1, -0.05) is 42.0 Å². The number of nitrogens with zero attached hydrogens (tertiary/aromatic N) is 2. The Morgan fingerprint density at radius 3 is 2.50 bits per heavy atom. The number of piperazine rings is 1. The molecule has 0 spiro atoms. The van der Waals surface area contributed by atoms with Crippen LogP contribution in [0.15, 0.2) is 36.4 Å². The lowest BCUT2D eigenvalue weighted by Crippen LogP contribution is -2.47. The van der Waals surface area contributed by atoms with Crippen LogP contribution in [0.25, 0.3) is 0 Å². The summed E-state index contributed by atoms with van der Waals surface area (Å²) in [5.74, 6) is 2.76. The maximum atomic E-state index is 2.71. The van der Waals surface area contributed by atoms with Crippen molar-refractivity contribution in [3.63, 3.8) is 0 Å². The zero-order valence-electron chi connectivity index (χ0n) is 13.7. The lowest BCUT2D eigenvalue weighted by atomic mass is 9.93. The quantitative estimate of drug-likeness (QED) is 0.786. The van der Waals surface area contributed by atoms with Crippen LogP contribution in [0.1, 0.15) is 24.0 Å². The highest BCUT2D eigenvalue weighted by Gasteiger charge is 2.36. The lowest BCUT2D eigenvalue weighted by Gasteiger charge is -2.37. The van der Waals surface area contributed by atoms with Gasteiger partial charge in [0.05, 0.1) is 0 Å². The van der Waals surface area contributed by atoms with Crippen molar-refractivity contribution in [3.8, 4) is 0 Å². The summed E-state index contributed by atoms with van der Waals surface area (Å²) in [6, 6.07) is 8.96. The van der Waals surface area contributed by atoms with E-state index in [1.54, 1.807) is 0 Å². The van der Waals surface area contributed by atoms with Gasteiger partial charge in [-0.2, -0.15) is 0 Å². The summed E-state index contributed by atoms with van der Waals surface area (Å²) in [5.41, 5.74) is 2.84. The molecule has 1 aromatic carbocycles. The molecular formula is C20H28N2. The average molecular weight is 296 g/mol. The third-order valence-electron chi connectivity index (χ3n) is 5.86. The van der Waals surface area contributed by atoms with Gasteiger partial charge in [-0.05, 0) is 43.1 Å². The summed E-state index contributed by atoms with van der Waals surface area (Å²) in [7, 11) is 0. The molecule has 3 atom stereocenters. The monoisotopic (exact) mass is 296 g/mol. The Morgan fingerprint density at radius 1 is 1.00 bits per heavy atom. The van der Waals surface area contributed by atoms with E-state index in [9.17, 15) is 0 Å². The molecule has 2 nitrogen and oxygen atoms in total. The fourth-order valence-electron chi connectivity index (χ4n) is 4.63. The molecule has 1 aromatic rings. The van der Waals surface area contributed by atoms with Gasteiger partial charge in [0.2, 0.25) is 0 Å². The molecule has 1 saturated carbocycles. The van der Waals surface area contributed by atoms with Crippen LogP contribution in [0.2, 0.25) is 0 Å². The molecule has 0 amide bonds. The minimum absolute atomic E-state index is 0.898. The Bertz CT molecular complexity index is 542. The Balaban J connectivity index is 1.25. The molecule has 22 heavy (non-hydrogen) atoms. The first-order valence-corrected chi connectivity index (χ1v) is 8.95. The number of fused-ring (bicyclic) bond motifs is 2. The van der Waals surface area contributed by atoms with Gasteiger partial charge in [0, 0.05) is 39.3 Å². The summed E-state index contributed by atoms with van der Waals surface area (Å²) >= 11 is 0. The van der Waals surface area contributed by atoms with Crippen LogP contribution in [0, 0.1) is 24.7 Å². The molecule has 3 aliphatic rings. The van der Waals surface area contributed by atoms with E-state index in [-0.39, 0.29) is 0 Å². The molecule has 1 aliphatic heterocycles. The van der Waals surface area contributed by atoms with Gasteiger partial charge < -0.3 is 4.90 Å². The molecule has 2 fully saturated rings. The van der Waals surface area contributed by atoms with E-state index < -0.39 is 0 Å². The third-order valence-corrected chi connectivity index (χ3v) is 5.86. The van der Waals surface area contributed by atoms with Gasteiger partial charge in [-0.25, -0.2) is 0 Å². The molecule has 2 heteroatoms. The summed E-state index contributed by atoms with van der Waals surface area (Å²) < 4.78 is 0. The zero-order valence-corrected chi connectivity index (χ0v) is 13.7. The van der Waals surface area contributed by atoms with Crippen molar-refractivity contribution >= 4 is 0 Å². The number of rotatable bonds is 4. The summed E-state index contributed by atoms with van der Waals surface area (Å²) in [5, 5.41) is 0. The number of hydrogen-bond donors (Lipinski definition) is 0. The van der Waals surface area contributed by atoms with Crippen molar-refractivity contribution in [1.82, 2.24) is 9.80 Å². The Morgan fingerprint density at radius 2 is 1.82 bits per heavy atom. The van der Waals surface area contributed by atoms with Crippen LogP contribution in [-0.4, -0.2) is 42.5 Å². The van der Waals surface area contributed by atoms with E-state index in [0.29, 0.717) is 0 Å². The van der Waals surface area contributed by atoms with Crippen LogP contribution in [0.3, 0.4) is 0 Å². The van der Waals surface area contributed by atoms with Crippen LogP contribution in [0.5, 0.6) is 0 Å². The van der Waals surface area contributed by atoms with Crippen molar-refractivity contribution in [2.75, 3.05) is 32.7 Å². The highest BCUT2D eigenvalue weighted by molar-refractivity contribution is 5.22. The van der Waals surface area contributed by atoms with Crippen LogP contribution in [0.4, 0.5) is 0 Å².